The smallest absolute Gasteiger partial charge is 0.139 e. The SMILES string of the molecule is N=C1C(c2nc(-c3ccc(F)cc3)cs2)=C(O)CN1c1ccccc1. The van der Waals surface area contributed by atoms with E-state index in [1.54, 1.807) is 17.0 Å². The van der Waals surface area contributed by atoms with Crippen molar-refractivity contribution in [1.29, 1.82) is 5.41 Å². The lowest BCUT2D eigenvalue weighted by Gasteiger charge is -2.18. The molecule has 0 amide bonds. The molecule has 0 saturated carbocycles. The van der Waals surface area contributed by atoms with Crippen LogP contribution in [0.3, 0.4) is 0 Å². The van der Waals surface area contributed by atoms with Crippen molar-refractivity contribution in [2.24, 2.45) is 0 Å². The normalized spacial score (nSPS) is 14.4. The van der Waals surface area contributed by atoms with E-state index >= 15 is 0 Å². The molecule has 6 heteroatoms. The van der Waals surface area contributed by atoms with Crippen LogP contribution in [-0.2, 0) is 0 Å². The minimum Gasteiger partial charge on any atom is -0.510 e. The third-order valence-electron chi connectivity index (χ3n) is 4.03. The molecule has 124 valence electrons. The van der Waals surface area contributed by atoms with E-state index < -0.39 is 0 Å². The van der Waals surface area contributed by atoms with Gasteiger partial charge in [0.05, 0.1) is 17.8 Å². The number of anilines is 1. The highest BCUT2D eigenvalue weighted by Crippen LogP contribution is 2.34. The van der Waals surface area contributed by atoms with Crippen LogP contribution in [0.2, 0.25) is 0 Å². The summed E-state index contributed by atoms with van der Waals surface area (Å²) in [5.41, 5.74) is 2.80. The molecular weight excluding hydrogens is 337 g/mol. The van der Waals surface area contributed by atoms with E-state index in [-0.39, 0.29) is 24.0 Å². The number of hydrogen-bond donors (Lipinski definition) is 2. The van der Waals surface area contributed by atoms with E-state index in [4.69, 9.17) is 5.41 Å². The number of rotatable bonds is 3. The molecule has 2 N–H and O–H groups in total. The number of para-hydroxylation sites is 1. The van der Waals surface area contributed by atoms with Crippen molar-refractivity contribution in [2.45, 2.75) is 0 Å². The number of nitrogens with zero attached hydrogens (tertiary/aromatic N) is 2. The Hall–Kier alpha value is -2.99. The Balaban J connectivity index is 1.65. The number of nitrogens with one attached hydrogen (secondary N) is 1. The number of hydrogen-bond acceptors (Lipinski definition) is 4. The van der Waals surface area contributed by atoms with Gasteiger partial charge in [0.15, 0.2) is 0 Å². The minimum atomic E-state index is -0.296. The molecule has 1 aliphatic rings. The van der Waals surface area contributed by atoms with Crippen molar-refractivity contribution in [3.05, 3.63) is 76.6 Å². The minimum absolute atomic E-state index is 0.133. The molecule has 0 fully saturated rings. The maximum atomic E-state index is 13.1. The van der Waals surface area contributed by atoms with Crippen LogP contribution in [0, 0.1) is 11.2 Å². The Kier molecular flexibility index (Phi) is 3.82. The second-order valence-corrected chi connectivity index (χ2v) is 6.49. The summed E-state index contributed by atoms with van der Waals surface area (Å²) >= 11 is 1.36. The first-order chi connectivity index (χ1) is 12.1. The zero-order valence-corrected chi connectivity index (χ0v) is 13.9. The second kappa shape index (κ2) is 6.14. The van der Waals surface area contributed by atoms with Crippen molar-refractivity contribution in [3.8, 4) is 11.3 Å². The van der Waals surface area contributed by atoms with Gasteiger partial charge < -0.3 is 10.0 Å². The average molecular weight is 351 g/mol. The lowest BCUT2D eigenvalue weighted by atomic mass is 10.2. The molecule has 1 aliphatic heterocycles. The van der Waals surface area contributed by atoms with E-state index in [0.29, 0.717) is 16.3 Å². The highest BCUT2D eigenvalue weighted by molar-refractivity contribution is 7.11. The van der Waals surface area contributed by atoms with Gasteiger partial charge in [-0.1, -0.05) is 18.2 Å². The van der Waals surface area contributed by atoms with E-state index in [9.17, 15) is 9.50 Å². The number of aliphatic hydroxyl groups excluding tert-OH is 1. The maximum Gasteiger partial charge on any atom is 0.139 e. The first-order valence-corrected chi connectivity index (χ1v) is 8.57. The molecule has 0 aliphatic carbocycles. The van der Waals surface area contributed by atoms with Crippen molar-refractivity contribution >= 4 is 28.4 Å². The van der Waals surface area contributed by atoms with Crippen LogP contribution in [0.4, 0.5) is 10.1 Å². The van der Waals surface area contributed by atoms with Crippen LogP contribution in [0.15, 0.2) is 65.7 Å². The monoisotopic (exact) mass is 351 g/mol. The van der Waals surface area contributed by atoms with Crippen molar-refractivity contribution in [3.63, 3.8) is 0 Å². The summed E-state index contributed by atoms with van der Waals surface area (Å²) in [6.07, 6.45) is 0. The van der Waals surface area contributed by atoms with E-state index in [2.05, 4.69) is 4.98 Å². The van der Waals surface area contributed by atoms with E-state index in [1.807, 2.05) is 35.7 Å². The van der Waals surface area contributed by atoms with Gasteiger partial charge in [0.25, 0.3) is 0 Å². The molecule has 1 aromatic heterocycles. The largest absolute Gasteiger partial charge is 0.510 e. The lowest BCUT2D eigenvalue weighted by Crippen LogP contribution is -2.25. The number of thiazole rings is 1. The van der Waals surface area contributed by atoms with Gasteiger partial charge in [-0.15, -0.1) is 11.3 Å². The molecule has 4 rings (SSSR count). The highest BCUT2D eigenvalue weighted by atomic mass is 32.1. The van der Waals surface area contributed by atoms with Crippen LogP contribution in [0.1, 0.15) is 5.01 Å². The number of benzene rings is 2. The molecule has 2 aromatic carbocycles. The van der Waals surface area contributed by atoms with Crippen molar-refractivity contribution in [1.82, 2.24) is 4.98 Å². The third kappa shape index (κ3) is 2.81. The van der Waals surface area contributed by atoms with Crippen LogP contribution >= 0.6 is 11.3 Å². The van der Waals surface area contributed by atoms with Gasteiger partial charge in [-0.2, -0.15) is 0 Å². The summed E-state index contributed by atoms with van der Waals surface area (Å²) in [7, 11) is 0. The standard InChI is InChI=1S/C19H14FN3OS/c20-13-8-6-12(7-9-13)15-11-25-19(22-15)17-16(24)10-23(18(17)21)14-4-2-1-3-5-14/h1-9,11,21,24H,10H2. The van der Waals surface area contributed by atoms with Gasteiger partial charge in [0.1, 0.15) is 22.4 Å². The average Bonchev–Trinajstić information content (AvgIpc) is 3.21. The molecule has 0 unspecified atom stereocenters. The van der Waals surface area contributed by atoms with Gasteiger partial charge in [0, 0.05) is 16.6 Å². The van der Waals surface area contributed by atoms with Crippen LogP contribution in [0.25, 0.3) is 16.8 Å². The van der Waals surface area contributed by atoms with Gasteiger partial charge in [-0.25, -0.2) is 9.37 Å². The zero-order chi connectivity index (χ0) is 17.4. The molecular formula is C19H14FN3OS. The fourth-order valence-corrected chi connectivity index (χ4v) is 3.67. The molecule has 0 atom stereocenters. The predicted molar refractivity (Wildman–Crippen MR) is 98.6 cm³/mol. The summed E-state index contributed by atoms with van der Waals surface area (Å²) < 4.78 is 13.1. The topological polar surface area (TPSA) is 60.2 Å². The molecule has 0 saturated heterocycles. The van der Waals surface area contributed by atoms with Gasteiger partial charge in [0.2, 0.25) is 0 Å². The van der Waals surface area contributed by atoms with Gasteiger partial charge in [-0.3, -0.25) is 5.41 Å². The first kappa shape index (κ1) is 15.5. The molecule has 2 heterocycles. The van der Waals surface area contributed by atoms with E-state index in [0.717, 1.165) is 11.3 Å². The number of halogens is 1. The Bertz CT molecular complexity index is 964. The summed E-state index contributed by atoms with van der Waals surface area (Å²) in [6, 6.07) is 15.6. The highest BCUT2D eigenvalue weighted by Gasteiger charge is 2.31. The third-order valence-corrected chi connectivity index (χ3v) is 4.89. The number of amidine groups is 1. The molecule has 0 radical (unpaired) electrons. The predicted octanol–water partition coefficient (Wildman–Crippen LogP) is 4.72. The van der Waals surface area contributed by atoms with E-state index in [1.165, 1.54) is 23.5 Å². The Morgan fingerprint density at radius 3 is 2.52 bits per heavy atom. The Morgan fingerprint density at radius 1 is 1.08 bits per heavy atom. The number of aromatic nitrogens is 1. The molecule has 0 spiro atoms. The zero-order valence-electron chi connectivity index (χ0n) is 13.1. The first-order valence-electron chi connectivity index (χ1n) is 7.69. The molecule has 4 nitrogen and oxygen atoms in total. The summed E-state index contributed by atoms with van der Waals surface area (Å²) in [5, 5.41) is 21.2. The Labute approximate surface area is 148 Å². The Morgan fingerprint density at radius 2 is 1.80 bits per heavy atom. The second-order valence-electron chi connectivity index (χ2n) is 5.64. The molecule has 25 heavy (non-hydrogen) atoms. The lowest BCUT2D eigenvalue weighted by molar-refractivity contribution is 0.411. The summed E-state index contributed by atoms with van der Waals surface area (Å²) in [4.78, 5) is 6.27. The molecule has 3 aromatic rings. The fourth-order valence-electron chi connectivity index (χ4n) is 2.77. The van der Waals surface area contributed by atoms with Crippen LogP contribution < -0.4 is 4.90 Å². The van der Waals surface area contributed by atoms with Gasteiger partial charge >= 0.3 is 0 Å². The van der Waals surface area contributed by atoms with Crippen LogP contribution in [0.5, 0.6) is 0 Å². The number of aliphatic hydroxyl groups is 1. The maximum absolute atomic E-state index is 13.1. The van der Waals surface area contributed by atoms with Gasteiger partial charge in [-0.05, 0) is 36.4 Å². The summed E-state index contributed by atoms with van der Waals surface area (Å²) in [5.74, 6) is 0.0631. The fraction of sp³-hybridized carbons (Fsp3) is 0.0526. The molecule has 0 bridgehead atoms. The quantitative estimate of drug-likeness (QED) is 0.718. The van der Waals surface area contributed by atoms with Crippen molar-refractivity contribution < 1.29 is 9.50 Å². The van der Waals surface area contributed by atoms with Crippen LogP contribution in [-0.4, -0.2) is 22.5 Å². The summed E-state index contributed by atoms with van der Waals surface area (Å²) in [6.45, 7) is 0.254. The van der Waals surface area contributed by atoms with Crippen molar-refractivity contribution in [2.75, 3.05) is 11.4 Å².